The molecule has 9 rings (SSSR count). The molecular formula is C45H29N3. The number of aromatic nitrogens is 3. The summed E-state index contributed by atoms with van der Waals surface area (Å²) in [5.41, 5.74) is 5.44. The monoisotopic (exact) mass is 616 g/mol. The van der Waals surface area contributed by atoms with E-state index in [4.69, 9.17) is 21.8 Å². The Hall–Kier alpha value is -6.45. The van der Waals surface area contributed by atoms with Crippen LogP contribution in [0.5, 0.6) is 0 Å². The number of benzene rings is 8. The van der Waals surface area contributed by atoms with Crippen molar-refractivity contribution in [3.8, 4) is 56.4 Å². The fourth-order valence-electron chi connectivity index (χ4n) is 6.70. The number of hydrogen-bond acceptors (Lipinski definition) is 3. The highest BCUT2D eigenvalue weighted by Gasteiger charge is 2.20. The van der Waals surface area contributed by atoms with Gasteiger partial charge in [0, 0.05) is 16.7 Å². The third kappa shape index (κ3) is 4.72. The predicted octanol–water partition coefficient (Wildman–Crippen LogP) is 11.7. The van der Waals surface area contributed by atoms with E-state index in [1.165, 1.54) is 0 Å². The lowest BCUT2D eigenvalue weighted by atomic mass is 9.84. The van der Waals surface area contributed by atoms with Crippen LogP contribution in [0.1, 0.15) is 6.85 Å². The van der Waals surface area contributed by atoms with E-state index in [9.17, 15) is 0 Å². The minimum Gasteiger partial charge on any atom is -0.208 e. The molecule has 0 saturated heterocycles. The SMILES string of the molecule is [2H]c1c([2H])c([2H])c(-c2c3ccccc3c(-c3ccc(-c4nc(-c5ccccc5)nc(-c5ccccc5)n4)c4ccccc34)c3ccccc23)c([2H])c1[2H]. The molecule has 0 N–H and O–H groups in total. The molecule has 1 aromatic heterocycles. The Balaban J connectivity index is 1.33. The van der Waals surface area contributed by atoms with Gasteiger partial charge in [-0.25, -0.2) is 15.0 Å². The van der Waals surface area contributed by atoms with Crippen molar-refractivity contribution in [1.29, 1.82) is 0 Å². The van der Waals surface area contributed by atoms with Crippen LogP contribution in [-0.4, -0.2) is 15.0 Å². The van der Waals surface area contributed by atoms with E-state index in [0.717, 1.165) is 60.1 Å². The second kappa shape index (κ2) is 11.7. The summed E-state index contributed by atoms with van der Waals surface area (Å²) >= 11 is 0. The van der Waals surface area contributed by atoms with Crippen molar-refractivity contribution in [2.75, 3.05) is 0 Å². The molecule has 9 aromatic rings. The molecule has 0 bridgehead atoms. The van der Waals surface area contributed by atoms with Crippen molar-refractivity contribution in [3.63, 3.8) is 0 Å². The molecule has 0 aliphatic heterocycles. The largest absolute Gasteiger partial charge is 0.208 e. The fourth-order valence-corrected chi connectivity index (χ4v) is 6.70. The number of rotatable bonds is 5. The summed E-state index contributed by atoms with van der Waals surface area (Å²) in [7, 11) is 0. The van der Waals surface area contributed by atoms with Crippen LogP contribution in [0, 0.1) is 0 Å². The lowest BCUT2D eigenvalue weighted by Gasteiger charge is -2.19. The fraction of sp³-hybridized carbons (Fsp3) is 0. The van der Waals surface area contributed by atoms with Crippen LogP contribution in [0.25, 0.3) is 88.7 Å². The maximum absolute atomic E-state index is 8.91. The molecule has 0 unspecified atom stereocenters. The molecule has 0 atom stereocenters. The van der Waals surface area contributed by atoms with Crippen LogP contribution < -0.4 is 0 Å². The van der Waals surface area contributed by atoms with Crippen molar-refractivity contribution < 1.29 is 6.85 Å². The quantitative estimate of drug-likeness (QED) is 0.181. The minimum absolute atomic E-state index is 0.188. The van der Waals surface area contributed by atoms with Gasteiger partial charge in [-0.1, -0.05) is 170 Å². The van der Waals surface area contributed by atoms with Gasteiger partial charge >= 0.3 is 0 Å². The summed E-state index contributed by atoms with van der Waals surface area (Å²) in [4.78, 5) is 15.0. The smallest absolute Gasteiger partial charge is 0.164 e. The zero-order chi connectivity index (χ0) is 36.2. The summed E-state index contributed by atoms with van der Waals surface area (Å²) in [5, 5.41) is 5.37. The standard InChI is InChI=1S/C45H29N3/c1-4-16-30(17-5-1)41-35-24-12-14-26-37(35)42(38-27-15-13-25-36(38)41)39-28-29-40(34-23-11-10-22-33(34)39)45-47-43(31-18-6-2-7-19-31)46-44(48-45)32-20-8-3-9-21-32/h1-29H/i1D,4D,5D,16D,17D. The van der Waals surface area contributed by atoms with Gasteiger partial charge in [-0.15, -0.1) is 0 Å². The van der Waals surface area contributed by atoms with Crippen LogP contribution in [0.3, 0.4) is 0 Å². The molecule has 0 aliphatic carbocycles. The predicted molar refractivity (Wildman–Crippen MR) is 200 cm³/mol. The second-order valence-corrected chi connectivity index (χ2v) is 11.6. The highest BCUT2D eigenvalue weighted by atomic mass is 15.0. The van der Waals surface area contributed by atoms with Crippen LogP contribution >= 0.6 is 0 Å². The Morgan fingerprint density at radius 2 is 0.708 bits per heavy atom. The van der Waals surface area contributed by atoms with Gasteiger partial charge < -0.3 is 0 Å². The van der Waals surface area contributed by atoms with Gasteiger partial charge in [-0.3, -0.25) is 0 Å². The number of nitrogens with zero attached hydrogens (tertiary/aromatic N) is 3. The van der Waals surface area contributed by atoms with E-state index in [2.05, 4.69) is 24.3 Å². The molecule has 48 heavy (non-hydrogen) atoms. The Labute approximate surface area is 285 Å². The number of fused-ring (bicyclic) bond motifs is 3. The third-order valence-corrected chi connectivity index (χ3v) is 8.82. The first-order valence-corrected chi connectivity index (χ1v) is 15.8. The molecule has 1 heterocycles. The van der Waals surface area contributed by atoms with Gasteiger partial charge in [0.25, 0.3) is 0 Å². The third-order valence-electron chi connectivity index (χ3n) is 8.82. The van der Waals surface area contributed by atoms with Crippen LogP contribution in [0.4, 0.5) is 0 Å². The Kier molecular flexibility index (Phi) is 5.61. The molecule has 0 fully saturated rings. The van der Waals surface area contributed by atoms with Gasteiger partial charge in [0.05, 0.1) is 6.85 Å². The summed E-state index contributed by atoms with van der Waals surface area (Å²) in [6.07, 6.45) is 0. The Bertz CT molecular complexity index is 2750. The molecule has 0 spiro atoms. The molecule has 0 radical (unpaired) electrons. The van der Waals surface area contributed by atoms with Crippen molar-refractivity contribution in [3.05, 3.63) is 176 Å². The van der Waals surface area contributed by atoms with Crippen LogP contribution in [0.2, 0.25) is 0 Å². The van der Waals surface area contributed by atoms with Crippen molar-refractivity contribution in [1.82, 2.24) is 15.0 Å². The van der Waals surface area contributed by atoms with E-state index in [-0.39, 0.29) is 29.7 Å². The number of hydrogen-bond donors (Lipinski definition) is 0. The van der Waals surface area contributed by atoms with Crippen molar-refractivity contribution in [2.24, 2.45) is 0 Å². The summed E-state index contributed by atoms with van der Waals surface area (Å²) in [6, 6.07) is 46.5. The summed E-state index contributed by atoms with van der Waals surface area (Å²) in [5.74, 6) is 1.73. The van der Waals surface area contributed by atoms with Crippen molar-refractivity contribution >= 4 is 32.3 Å². The Morgan fingerprint density at radius 3 is 1.23 bits per heavy atom. The molecule has 0 aliphatic rings. The summed E-state index contributed by atoms with van der Waals surface area (Å²) < 4.78 is 43.0. The first-order chi connectivity index (χ1) is 25.9. The van der Waals surface area contributed by atoms with E-state index < -0.39 is 6.04 Å². The van der Waals surface area contributed by atoms with E-state index in [1.807, 2.05) is 121 Å². The summed E-state index contributed by atoms with van der Waals surface area (Å²) in [6.45, 7) is 0. The molecular weight excluding hydrogens is 583 g/mol. The molecule has 0 amide bonds. The van der Waals surface area contributed by atoms with E-state index >= 15 is 0 Å². The molecule has 224 valence electrons. The molecule has 3 heteroatoms. The maximum atomic E-state index is 8.91. The average molecular weight is 617 g/mol. The molecule has 0 saturated carbocycles. The zero-order valence-corrected chi connectivity index (χ0v) is 25.7. The lowest BCUT2D eigenvalue weighted by molar-refractivity contribution is 1.08. The normalized spacial score (nSPS) is 12.8. The zero-order valence-electron chi connectivity index (χ0n) is 30.7. The van der Waals surface area contributed by atoms with Crippen LogP contribution in [-0.2, 0) is 0 Å². The molecule has 3 nitrogen and oxygen atoms in total. The van der Waals surface area contributed by atoms with E-state index in [1.54, 1.807) is 0 Å². The first-order valence-electron chi connectivity index (χ1n) is 18.3. The van der Waals surface area contributed by atoms with E-state index in [0.29, 0.717) is 23.0 Å². The van der Waals surface area contributed by atoms with Gasteiger partial charge in [0.1, 0.15) is 0 Å². The van der Waals surface area contributed by atoms with Crippen molar-refractivity contribution in [2.45, 2.75) is 0 Å². The lowest BCUT2D eigenvalue weighted by Crippen LogP contribution is -2.00. The minimum atomic E-state index is -0.412. The second-order valence-electron chi connectivity index (χ2n) is 11.6. The topological polar surface area (TPSA) is 38.7 Å². The molecule has 8 aromatic carbocycles. The maximum Gasteiger partial charge on any atom is 0.164 e. The highest BCUT2D eigenvalue weighted by molar-refractivity contribution is 6.24. The van der Waals surface area contributed by atoms with Gasteiger partial charge in [-0.05, 0) is 60.6 Å². The average Bonchev–Trinajstić information content (AvgIpc) is 3.22. The van der Waals surface area contributed by atoms with Gasteiger partial charge in [0.2, 0.25) is 0 Å². The Morgan fingerprint density at radius 1 is 0.312 bits per heavy atom. The van der Waals surface area contributed by atoms with Gasteiger partial charge in [-0.2, -0.15) is 0 Å². The van der Waals surface area contributed by atoms with Gasteiger partial charge in [0.15, 0.2) is 17.5 Å². The van der Waals surface area contributed by atoms with Crippen LogP contribution in [0.15, 0.2) is 176 Å². The first kappa shape index (κ1) is 23.0. The highest BCUT2D eigenvalue weighted by Crippen LogP contribution is 2.46.